The van der Waals surface area contributed by atoms with Gasteiger partial charge in [0.25, 0.3) is 0 Å². The molecule has 1 aromatic carbocycles. The van der Waals surface area contributed by atoms with E-state index in [1.54, 1.807) is 0 Å². The average Bonchev–Trinajstić information content (AvgIpc) is 2.60. The average molecular weight is 437 g/mol. The van der Waals surface area contributed by atoms with Gasteiger partial charge in [-0.3, -0.25) is 4.79 Å². The summed E-state index contributed by atoms with van der Waals surface area (Å²) in [6.45, 7) is 1.31. The molecule has 2 rings (SSSR count). The number of halogens is 6. The van der Waals surface area contributed by atoms with E-state index in [0.717, 1.165) is 0 Å². The number of ketones is 1. The maximum Gasteiger partial charge on any atom is 0.343 e. The largest absolute Gasteiger partial charge is 0.462 e. The van der Waals surface area contributed by atoms with Gasteiger partial charge in [0.2, 0.25) is 5.78 Å². The van der Waals surface area contributed by atoms with Crippen molar-refractivity contribution in [2.75, 3.05) is 11.9 Å². The molecule has 0 spiro atoms. The molecule has 0 saturated heterocycles. The Morgan fingerprint density at radius 2 is 1.68 bits per heavy atom. The normalized spacial score (nSPS) is 11.3. The van der Waals surface area contributed by atoms with E-state index in [4.69, 9.17) is 27.9 Å². The molecule has 5 nitrogen and oxygen atoms in total. The molecule has 2 aromatic rings. The zero-order valence-corrected chi connectivity index (χ0v) is 15.5. The molecular weight excluding hydrogens is 427 g/mol. The number of benzene rings is 1. The highest BCUT2D eigenvalue weighted by Crippen LogP contribution is 2.24. The number of anilines is 1. The standard InChI is InChI=1S/C17H10Cl2F4N2O3/c1-2-28-17(27)9(6-24-13-10(21)3-7(20)4-11(13)22)14(26)8-5-12(23)16(19)25-15(8)18/h3-6,24H,2H2,1H3. The van der Waals surface area contributed by atoms with E-state index >= 15 is 0 Å². The highest BCUT2D eigenvalue weighted by Gasteiger charge is 2.26. The maximum absolute atomic E-state index is 13.7. The smallest absolute Gasteiger partial charge is 0.343 e. The van der Waals surface area contributed by atoms with E-state index in [9.17, 15) is 27.2 Å². The number of hydrogen-bond acceptors (Lipinski definition) is 5. The first-order valence-corrected chi connectivity index (χ1v) is 8.25. The lowest BCUT2D eigenvalue weighted by Crippen LogP contribution is -2.19. The van der Waals surface area contributed by atoms with Crippen LogP contribution in [0.25, 0.3) is 0 Å². The minimum Gasteiger partial charge on any atom is -0.462 e. The highest BCUT2D eigenvalue weighted by molar-refractivity contribution is 6.37. The van der Waals surface area contributed by atoms with Gasteiger partial charge in [0, 0.05) is 18.3 Å². The zero-order valence-electron chi connectivity index (χ0n) is 14.0. The molecule has 0 saturated carbocycles. The third kappa shape index (κ3) is 4.79. The molecule has 0 unspecified atom stereocenters. The zero-order chi connectivity index (χ0) is 21.0. The number of rotatable bonds is 6. The molecule has 0 radical (unpaired) electrons. The summed E-state index contributed by atoms with van der Waals surface area (Å²) in [5.41, 5.74) is -2.14. The number of ether oxygens (including phenoxy) is 1. The molecule has 0 aliphatic rings. The van der Waals surface area contributed by atoms with Crippen molar-refractivity contribution in [1.82, 2.24) is 4.98 Å². The van der Waals surface area contributed by atoms with Crippen LogP contribution in [0.1, 0.15) is 17.3 Å². The monoisotopic (exact) mass is 436 g/mol. The summed E-state index contributed by atoms with van der Waals surface area (Å²) in [6.07, 6.45) is 0.628. The molecule has 0 aliphatic carbocycles. The molecule has 0 bridgehead atoms. The Morgan fingerprint density at radius 1 is 1.07 bits per heavy atom. The lowest BCUT2D eigenvalue weighted by atomic mass is 10.1. The summed E-state index contributed by atoms with van der Waals surface area (Å²) >= 11 is 11.2. The Kier molecular flexibility index (Phi) is 6.98. The Morgan fingerprint density at radius 3 is 2.25 bits per heavy atom. The third-order valence-corrected chi connectivity index (χ3v) is 3.79. The molecule has 1 N–H and O–H groups in total. The van der Waals surface area contributed by atoms with Crippen LogP contribution in [0.4, 0.5) is 23.2 Å². The Hall–Kier alpha value is -2.65. The number of pyridine rings is 1. The van der Waals surface area contributed by atoms with Crippen molar-refractivity contribution in [3.05, 3.63) is 69.1 Å². The van der Waals surface area contributed by atoms with E-state index in [2.05, 4.69) is 10.3 Å². The molecule has 0 atom stereocenters. The Labute approximate surface area is 165 Å². The molecule has 0 aliphatic heterocycles. The fourth-order valence-corrected chi connectivity index (χ4v) is 2.41. The number of esters is 1. The van der Waals surface area contributed by atoms with Crippen molar-refractivity contribution in [3.8, 4) is 0 Å². The summed E-state index contributed by atoms with van der Waals surface area (Å²) in [5.74, 6) is -7.22. The molecule has 1 heterocycles. The van der Waals surface area contributed by atoms with Gasteiger partial charge in [-0.05, 0) is 13.0 Å². The van der Waals surface area contributed by atoms with Crippen molar-refractivity contribution in [1.29, 1.82) is 0 Å². The Bertz CT molecular complexity index is 960. The number of carbonyl (C=O) groups excluding carboxylic acids is 2. The van der Waals surface area contributed by atoms with Crippen LogP contribution in [-0.4, -0.2) is 23.3 Å². The van der Waals surface area contributed by atoms with Crippen LogP contribution < -0.4 is 5.32 Å². The van der Waals surface area contributed by atoms with Crippen molar-refractivity contribution >= 4 is 40.6 Å². The van der Waals surface area contributed by atoms with Crippen molar-refractivity contribution in [2.45, 2.75) is 6.92 Å². The van der Waals surface area contributed by atoms with E-state index < -0.39 is 62.2 Å². The first kappa shape index (κ1) is 21.6. The summed E-state index contributed by atoms with van der Waals surface area (Å²) in [6, 6.07) is 1.42. The van der Waals surface area contributed by atoms with Crippen LogP contribution >= 0.6 is 23.2 Å². The van der Waals surface area contributed by atoms with Crippen LogP contribution in [0.15, 0.2) is 30.0 Å². The number of aromatic nitrogens is 1. The van der Waals surface area contributed by atoms with E-state index in [1.165, 1.54) is 6.92 Å². The van der Waals surface area contributed by atoms with Crippen molar-refractivity contribution < 1.29 is 31.9 Å². The first-order chi connectivity index (χ1) is 13.1. The van der Waals surface area contributed by atoms with Crippen molar-refractivity contribution in [3.63, 3.8) is 0 Å². The summed E-state index contributed by atoms with van der Waals surface area (Å²) < 4.78 is 58.8. The quantitative estimate of drug-likeness (QED) is 0.135. The van der Waals surface area contributed by atoms with Gasteiger partial charge in [0.05, 0.1) is 12.2 Å². The van der Waals surface area contributed by atoms with Crippen LogP contribution in [-0.2, 0) is 9.53 Å². The Balaban J connectivity index is 2.48. The SMILES string of the molecule is CCOC(=O)C(=CNc1c(F)cc(F)cc1F)C(=O)c1cc(F)c(Cl)nc1Cl. The number of hydrogen-bond donors (Lipinski definition) is 1. The summed E-state index contributed by atoms with van der Waals surface area (Å²) in [7, 11) is 0. The van der Waals surface area contributed by atoms with Gasteiger partial charge in [0.1, 0.15) is 22.2 Å². The van der Waals surface area contributed by atoms with Crippen molar-refractivity contribution in [2.24, 2.45) is 0 Å². The molecule has 1 aromatic heterocycles. The van der Waals surface area contributed by atoms with Crippen LogP contribution in [0.3, 0.4) is 0 Å². The molecule has 28 heavy (non-hydrogen) atoms. The fraction of sp³-hybridized carbons (Fsp3) is 0.118. The number of carbonyl (C=O) groups is 2. The minimum atomic E-state index is -1.32. The van der Waals surface area contributed by atoms with Gasteiger partial charge < -0.3 is 10.1 Å². The van der Waals surface area contributed by atoms with E-state index in [0.29, 0.717) is 24.4 Å². The summed E-state index contributed by atoms with van der Waals surface area (Å²) in [4.78, 5) is 28.1. The lowest BCUT2D eigenvalue weighted by molar-refractivity contribution is -0.138. The molecule has 0 fully saturated rings. The second-order valence-corrected chi connectivity index (χ2v) is 5.81. The number of nitrogens with one attached hydrogen (secondary N) is 1. The predicted octanol–water partition coefficient (Wildman–Crippen LogP) is 4.69. The van der Waals surface area contributed by atoms with Crippen LogP contribution in [0, 0.1) is 23.3 Å². The van der Waals surface area contributed by atoms with Gasteiger partial charge in [-0.25, -0.2) is 27.3 Å². The van der Waals surface area contributed by atoms with Crippen LogP contribution in [0.5, 0.6) is 0 Å². The molecule has 11 heteroatoms. The van der Waals surface area contributed by atoms with E-state index in [1.807, 2.05) is 0 Å². The first-order valence-electron chi connectivity index (χ1n) is 7.50. The molecule has 0 amide bonds. The van der Waals surface area contributed by atoms with Crippen LogP contribution in [0.2, 0.25) is 10.3 Å². The van der Waals surface area contributed by atoms with Gasteiger partial charge in [-0.1, -0.05) is 23.2 Å². The highest BCUT2D eigenvalue weighted by atomic mass is 35.5. The minimum absolute atomic E-state index is 0.135. The molecule has 148 valence electrons. The predicted molar refractivity (Wildman–Crippen MR) is 93.2 cm³/mol. The van der Waals surface area contributed by atoms with Gasteiger partial charge in [0.15, 0.2) is 22.6 Å². The topological polar surface area (TPSA) is 68.3 Å². The molecular formula is C17H10Cl2F4N2O3. The fourth-order valence-electron chi connectivity index (χ4n) is 2.00. The van der Waals surface area contributed by atoms with Gasteiger partial charge in [-0.2, -0.15) is 0 Å². The number of nitrogens with zero attached hydrogens (tertiary/aromatic N) is 1. The maximum atomic E-state index is 13.7. The van der Waals surface area contributed by atoms with Gasteiger partial charge in [-0.15, -0.1) is 0 Å². The second kappa shape index (κ2) is 9.03. The van der Waals surface area contributed by atoms with Gasteiger partial charge >= 0.3 is 5.97 Å². The summed E-state index contributed by atoms with van der Waals surface area (Å²) in [5, 5.41) is 0.952. The lowest BCUT2D eigenvalue weighted by Gasteiger charge is -2.10. The van der Waals surface area contributed by atoms with E-state index in [-0.39, 0.29) is 6.61 Å². The second-order valence-electron chi connectivity index (χ2n) is 5.10. The third-order valence-electron chi connectivity index (χ3n) is 3.24. The number of Topliss-reactive ketones (excluding diaryl/α,β-unsaturated/α-hetero) is 1.